The maximum absolute atomic E-state index is 13.7. The van der Waals surface area contributed by atoms with Crippen LogP contribution in [-0.4, -0.2) is 90.4 Å². The van der Waals surface area contributed by atoms with Crippen LogP contribution < -0.4 is 33.2 Å². The number of rotatable bonds is 17. The van der Waals surface area contributed by atoms with Crippen LogP contribution in [0.2, 0.25) is 0 Å². The van der Waals surface area contributed by atoms with Crippen molar-refractivity contribution in [3.05, 3.63) is 72.5 Å². The van der Waals surface area contributed by atoms with E-state index in [1.807, 2.05) is 24.3 Å². The van der Waals surface area contributed by atoms with Gasteiger partial charge in [0.05, 0.1) is 18.7 Å². The van der Waals surface area contributed by atoms with Crippen LogP contribution in [0, 0.1) is 0 Å². The molecule has 0 spiro atoms. The van der Waals surface area contributed by atoms with Crippen molar-refractivity contribution < 1.29 is 24.3 Å². The molecule has 0 aliphatic rings. The van der Waals surface area contributed by atoms with Gasteiger partial charge in [0.25, 0.3) is 0 Å². The molecular formula is C29H38N12O5. The minimum Gasteiger partial charge on any atom is -0.480 e. The number of para-hydroxylation sites is 1. The van der Waals surface area contributed by atoms with E-state index in [0.29, 0.717) is 11.4 Å². The summed E-state index contributed by atoms with van der Waals surface area (Å²) < 4.78 is 0. The number of nitrogens with one attached hydrogen (secondary N) is 6. The van der Waals surface area contributed by atoms with Gasteiger partial charge < -0.3 is 53.2 Å². The SMILES string of the molecule is NC(N)=NCCCC(NC(=O)C(Cc1cnc[nH]1)NC(=O)C(Cc1cnc[nH]1)NC(=O)C(N)Cc1c[nH]c2ccccc12)C(=O)O. The summed E-state index contributed by atoms with van der Waals surface area (Å²) in [6.45, 7) is 0.174. The summed E-state index contributed by atoms with van der Waals surface area (Å²) in [6.07, 6.45) is 8.11. The van der Waals surface area contributed by atoms with Gasteiger partial charge in [0.15, 0.2) is 5.96 Å². The molecule has 0 bridgehead atoms. The first-order valence-electron chi connectivity index (χ1n) is 14.5. The third-order valence-corrected chi connectivity index (χ3v) is 7.24. The average molecular weight is 635 g/mol. The molecule has 0 aliphatic heterocycles. The van der Waals surface area contributed by atoms with Gasteiger partial charge >= 0.3 is 5.97 Å². The largest absolute Gasteiger partial charge is 0.480 e. The van der Waals surface area contributed by atoms with E-state index in [4.69, 9.17) is 17.2 Å². The number of hydrogen-bond acceptors (Lipinski definition) is 8. The van der Waals surface area contributed by atoms with Crippen molar-refractivity contribution in [2.75, 3.05) is 6.54 Å². The van der Waals surface area contributed by atoms with Gasteiger partial charge in [0.2, 0.25) is 17.7 Å². The molecule has 3 aromatic heterocycles. The summed E-state index contributed by atoms with van der Waals surface area (Å²) >= 11 is 0. The van der Waals surface area contributed by atoms with Gasteiger partial charge in [-0.15, -0.1) is 0 Å². The number of benzene rings is 1. The van der Waals surface area contributed by atoms with Gasteiger partial charge in [-0.2, -0.15) is 0 Å². The minimum atomic E-state index is -1.27. The highest BCUT2D eigenvalue weighted by Gasteiger charge is 2.31. The number of nitrogens with zero attached hydrogens (tertiary/aromatic N) is 3. The number of imidazole rings is 2. The fraction of sp³-hybridized carbons (Fsp3) is 0.345. The molecule has 4 unspecified atom stereocenters. The van der Waals surface area contributed by atoms with Crippen LogP contribution in [0.3, 0.4) is 0 Å². The molecule has 46 heavy (non-hydrogen) atoms. The molecular weight excluding hydrogens is 596 g/mol. The molecule has 1 aromatic carbocycles. The Hall–Kier alpha value is -5.71. The van der Waals surface area contributed by atoms with Crippen LogP contribution in [-0.2, 0) is 38.4 Å². The van der Waals surface area contributed by atoms with E-state index >= 15 is 0 Å². The molecule has 0 saturated heterocycles. The first-order valence-corrected chi connectivity index (χ1v) is 14.5. The smallest absolute Gasteiger partial charge is 0.326 e. The van der Waals surface area contributed by atoms with Crippen molar-refractivity contribution in [2.24, 2.45) is 22.2 Å². The Bertz CT molecular complexity index is 1630. The Labute approximate surface area is 263 Å². The fourth-order valence-electron chi connectivity index (χ4n) is 4.87. The quantitative estimate of drug-likeness (QED) is 0.0367. The lowest BCUT2D eigenvalue weighted by Gasteiger charge is -2.25. The molecule has 17 heteroatoms. The van der Waals surface area contributed by atoms with Crippen molar-refractivity contribution in [1.29, 1.82) is 0 Å². The van der Waals surface area contributed by atoms with E-state index < -0.39 is 47.9 Å². The first-order chi connectivity index (χ1) is 22.1. The number of carboxylic acid groups (broad SMARTS) is 1. The third kappa shape index (κ3) is 9.39. The van der Waals surface area contributed by atoms with Crippen molar-refractivity contribution in [2.45, 2.75) is 56.3 Å². The standard InChI is InChI=1S/C29H38N12O5/c30-20(8-16-11-36-21-5-2-1-4-19(16)21)25(42)40-23(9-17-12-33-14-37-17)27(44)41-24(10-18-13-34-15-38-18)26(43)39-22(28(45)46)6-3-7-35-29(31)32/h1-2,4-5,11-15,20,22-24,36H,3,6-10,30H2,(H,33,37)(H,34,38)(H,39,43)(H,40,42)(H,41,44)(H,45,46)(H4,31,32,35). The molecule has 13 N–H and O–H groups in total. The molecule has 0 radical (unpaired) electrons. The maximum atomic E-state index is 13.7. The van der Waals surface area contributed by atoms with Gasteiger partial charge in [0.1, 0.15) is 18.1 Å². The predicted molar refractivity (Wildman–Crippen MR) is 168 cm³/mol. The molecule has 3 heterocycles. The van der Waals surface area contributed by atoms with Crippen LogP contribution in [0.4, 0.5) is 0 Å². The Kier molecular flexibility index (Phi) is 11.4. The number of H-pyrrole nitrogens is 3. The summed E-state index contributed by atoms with van der Waals surface area (Å²) in [4.78, 5) is 72.9. The predicted octanol–water partition coefficient (Wildman–Crippen LogP) is -1.44. The fourth-order valence-corrected chi connectivity index (χ4v) is 4.87. The second-order valence-corrected chi connectivity index (χ2v) is 10.7. The van der Waals surface area contributed by atoms with Gasteiger partial charge in [-0.25, -0.2) is 14.8 Å². The molecule has 17 nitrogen and oxygen atoms in total. The normalized spacial score (nSPS) is 13.7. The second kappa shape index (κ2) is 15.8. The van der Waals surface area contributed by atoms with Crippen molar-refractivity contribution in [3.63, 3.8) is 0 Å². The molecule has 0 fully saturated rings. The number of hydrogen-bond donors (Lipinski definition) is 10. The van der Waals surface area contributed by atoms with Crippen molar-refractivity contribution in [3.8, 4) is 0 Å². The van der Waals surface area contributed by atoms with Crippen molar-refractivity contribution >= 4 is 40.6 Å². The zero-order valence-corrected chi connectivity index (χ0v) is 24.9. The highest BCUT2D eigenvalue weighted by molar-refractivity contribution is 5.94. The molecule has 4 atom stereocenters. The zero-order chi connectivity index (χ0) is 33.1. The Morgan fingerprint density at radius 3 is 1.98 bits per heavy atom. The topological polar surface area (TPSA) is 288 Å². The second-order valence-electron chi connectivity index (χ2n) is 10.7. The summed E-state index contributed by atoms with van der Waals surface area (Å²) in [7, 11) is 0. The molecule has 3 amide bonds. The lowest BCUT2D eigenvalue weighted by Crippen LogP contribution is -2.58. The van der Waals surface area contributed by atoms with E-state index in [-0.39, 0.29) is 44.6 Å². The van der Waals surface area contributed by atoms with E-state index in [9.17, 15) is 24.3 Å². The van der Waals surface area contributed by atoms with E-state index in [1.54, 1.807) is 6.20 Å². The zero-order valence-electron chi connectivity index (χ0n) is 24.9. The van der Waals surface area contributed by atoms with Crippen LogP contribution in [0.15, 0.2) is 60.5 Å². The van der Waals surface area contributed by atoms with E-state index in [1.165, 1.54) is 25.0 Å². The third-order valence-electron chi connectivity index (χ3n) is 7.24. The number of carbonyl (C=O) groups is 4. The van der Waals surface area contributed by atoms with Crippen LogP contribution in [0.25, 0.3) is 10.9 Å². The van der Waals surface area contributed by atoms with Gasteiger partial charge in [-0.3, -0.25) is 19.4 Å². The Balaban J connectivity index is 1.48. The average Bonchev–Trinajstić information content (AvgIpc) is 3.81. The molecule has 244 valence electrons. The highest BCUT2D eigenvalue weighted by atomic mass is 16.4. The maximum Gasteiger partial charge on any atom is 0.326 e. The number of fused-ring (bicyclic) bond motifs is 1. The van der Waals surface area contributed by atoms with E-state index in [0.717, 1.165) is 16.5 Å². The number of carboxylic acids is 1. The summed E-state index contributed by atoms with van der Waals surface area (Å²) in [5.74, 6) is -3.42. The molecule has 0 aliphatic carbocycles. The lowest BCUT2D eigenvalue weighted by molar-refractivity contribution is -0.142. The summed E-state index contributed by atoms with van der Waals surface area (Å²) in [5, 5.41) is 18.5. The number of guanidine groups is 1. The van der Waals surface area contributed by atoms with Crippen LogP contribution >= 0.6 is 0 Å². The molecule has 0 saturated carbocycles. The lowest BCUT2D eigenvalue weighted by atomic mass is 10.0. The van der Waals surface area contributed by atoms with Gasteiger partial charge in [-0.1, -0.05) is 18.2 Å². The number of aliphatic carboxylic acids is 1. The Morgan fingerprint density at radius 1 is 0.826 bits per heavy atom. The number of aliphatic imine (C=N–C) groups is 1. The van der Waals surface area contributed by atoms with Crippen molar-refractivity contribution in [1.82, 2.24) is 40.9 Å². The van der Waals surface area contributed by atoms with Crippen LogP contribution in [0.1, 0.15) is 29.8 Å². The highest BCUT2D eigenvalue weighted by Crippen LogP contribution is 2.19. The Morgan fingerprint density at radius 2 is 1.41 bits per heavy atom. The summed E-state index contributed by atoms with van der Waals surface area (Å²) in [5.41, 5.74) is 19.7. The molecule has 4 aromatic rings. The molecule has 4 rings (SSSR count). The number of aromatic nitrogens is 5. The van der Waals surface area contributed by atoms with Gasteiger partial charge in [0, 0.05) is 60.3 Å². The summed E-state index contributed by atoms with van der Waals surface area (Å²) in [6, 6.07) is 2.96. The van der Waals surface area contributed by atoms with E-state index in [2.05, 4.69) is 45.9 Å². The number of aromatic amines is 3. The van der Waals surface area contributed by atoms with Crippen LogP contribution in [0.5, 0.6) is 0 Å². The number of nitrogens with two attached hydrogens (primary N) is 3. The number of amides is 3. The minimum absolute atomic E-state index is 0.0122. The first kappa shape index (κ1) is 33.2. The number of carbonyl (C=O) groups excluding carboxylic acids is 3. The monoisotopic (exact) mass is 634 g/mol. The van der Waals surface area contributed by atoms with Gasteiger partial charge in [-0.05, 0) is 30.9 Å².